The molecular weight excluding hydrogens is 260 g/mol. The van der Waals surface area contributed by atoms with E-state index in [0.29, 0.717) is 5.92 Å². The molecular formula is C15H25ClN2O. The standard InChI is InChI=1S/C15H24N2O.ClH/c1-2-4-12-5-3-6-13(7-12)8-16-9-14-10-17-11-15(14)18;/h3,5-7,14-18H,2,4,8-11H2,1H3;1H. The lowest BCUT2D eigenvalue weighted by atomic mass is 10.1. The number of halogens is 1. The molecule has 1 heterocycles. The molecule has 0 aliphatic carbocycles. The molecule has 1 aromatic rings. The van der Waals surface area contributed by atoms with Crippen molar-refractivity contribution in [3.63, 3.8) is 0 Å². The number of hydrogen-bond acceptors (Lipinski definition) is 3. The summed E-state index contributed by atoms with van der Waals surface area (Å²) in [4.78, 5) is 0. The van der Waals surface area contributed by atoms with Crippen molar-refractivity contribution < 1.29 is 5.11 Å². The lowest BCUT2D eigenvalue weighted by Crippen LogP contribution is -2.30. The molecule has 1 saturated heterocycles. The predicted octanol–water partition coefficient (Wildman–Crippen LogP) is 1.73. The van der Waals surface area contributed by atoms with E-state index in [1.54, 1.807) is 0 Å². The smallest absolute Gasteiger partial charge is 0.0716 e. The lowest BCUT2D eigenvalue weighted by Gasteiger charge is -2.14. The molecule has 2 atom stereocenters. The van der Waals surface area contributed by atoms with Crippen LogP contribution in [0.3, 0.4) is 0 Å². The van der Waals surface area contributed by atoms with Gasteiger partial charge >= 0.3 is 0 Å². The fraction of sp³-hybridized carbons (Fsp3) is 0.600. The monoisotopic (exact) mass is 284 g/mol. The van der Waals surface area contributed by atoms with Gasteiger partial charge in [0.15, 0.2) is 0 Å². The van der Waals surface area contributed by atoms with Crippen LogP contribution in [-0.4, -0.2) is 30.8 Å². The molecule has 0 spiro atoms. The summed E-state index contributed by atoms with van der Waals surface area (Å²) in [6.07, 6.45) is 2.15. The van der Waals surface area contributed by atoms with Gasteiger partial charge in [0, 0.05) is 32.1 Å². The predicted molar refractivity (Wildman–Crippen MR) is 81.8 cm³/mol. The third kappa shape index (κ3) is 5.11. The van der Waals surface area contributed by atoms with Gasteiger partial charge in [-0.3, -0.25) is 0 Å². The number of nitrogens with one attached hydrogen (secondary N) is 2. The van der Waals surface area contributed by atoms with Crippen LogP contribution < -0.4 is 10.6 Å². The van der Waals surface area contributed by atoms with Gasteiger partial charge in [-0.15, -0.1) is 12.4 Å². The molecule has 3 nitrogen and oxygen atoms in total. The van der Waals surface area contributed by atoms with Crippen molar-refractivity contribution in [2.75, 3.05) is 19.6 Å². The second-order valence-corrected chi connectivity index (χ2v) is 5.19. The van der Waals surface area contributed by atoms with Gasteiger partial charge in [0.25, 0.3) is 0 Å². The molecule has 19 heavy (non-hydrogen) atoms. The number of aliphatic hydroxyl groups is 1. The van der Waals surface area contributed by atoms with Crippen molar-refractivity contribution in [1.82, 2.24) is 10.6 Å². The van der Waals surface area contributed by atoms with Crippen molar-refractivity contribution in [2.24, 2.45) is 5.92 Å². The SMILES string of the molecule is CCCc1cccc(CNCC2CNCC2O)c1.Cl. The number of aliphatic hydroxyl groups excluding tert-OH is 1. The summed E-state index contributed by atoms with van der Waals surface area (Å²) in [5.74, 6) is 0.351. The highest BCUT2D eigenvalue weighted by Crippen LogP contribution is 2.09. The molecule has 0 radical (unpaired) electrons. The van der Waals surface area contributed by atoms with E-state index >= 15 is 0 Å². The average molecular weight is 285 g/mol. The molecule has 0 saturated carbocycles. The van der Waals surface area contributed by atoms with Crippen LogP contribution in [0.15, 0.2) is 24.3 Å². The summed E-state index contributed by atoms with van der Waals surface area (Å²) in [5, 5.41) is 16.3. The number of benzene rings is 1. The topological polar surface area (TPSA) is 44.3 Å². The van der Waals surface area contributed by atoms with Crippen LogP contribution in [0, 0.1) is 5.92 Å². The van der Waals surface area contributed by atoms with E-state index in [9.17, 15) is 5.11 Å². The molecule has 2 rings (SSSR count). The fourth-order valence-electron chi connectivity index (χ4n) is 2.51. The van der Waals surface area contributed by atoms with Gasteiger partial charge in [-0.2, -0.15) is 0 Å². The van der Waals surface area contributed by atoms with E-state index in [1.807, 2.05) is 0 Å². The molecule has 0 amide bonds. The lowest BCUT2D eigenvalue weighted by molar-refractivity contribution is 0.146. The van der Waals surface area contributed by atoms with Crippen LogP contribution in [0.25, 0.3) is 0 Å². The van der Waals surface area contributed by atoms with Crippen molar-refractivity contribution in [3.05, 3.63) is 35.4 Å². The largest absolute Gasteiger partial charge is 0.391 e. The molecule has 108 valence electrons. The Hall–Kier alpha value is -0.610. The molecule has 0 bridgehead atoms. The van der Waals surface area contributed by atoms with E-state index in [0.717, 1.165) is 32.6 Å². The molecule has 2 unspecified atom stereocenters. The summed E-state index contributed by atoms with van der Waals surface area (Å²) >= 11 is 0. The van der Waals surface area contributed by atoms with Crippen molar-refractivity contribution in [3.8, 4) is 0 Å². The fourth-order valence-corrected chi connectivity index (χ4v) is 2.51. The van der Waals surface area contributed by atoms with Gasteiger partial charge in [0.1, 0.15) is 0 Å². The molecule has 0 aromatic heterocycles. The van der Waals surface area contributed by atoms with Crippen molar-refractivity contribution >= 4 is 12.4 Å². The third-order valence-corrected chi connectivity index (χ3v) is 3.57. The van der Waals surface area contributed by atoms with Crippen LogP contribution in [0.5, 0.6) is 0 Å². The van der Waals surface area contributed by atoms with Gasteiger partial charge in [-0.1, -0.05) is 37.6 Å². The maximum absolute atomic E-state index is 9.70. The average Bonchev–Trinajstić information content (AvgIpc) is 2.76. The third-order valence-electron chi connectivity index (χ3n) is 3.57. The van der Waals surface area contributed by atoms with E-state index in [1.165, 1.54) is 17.5 Å². The summed E-state index contributed by atoms with van der Waals surface area (Å²) in [6.45, 7) is 5.63. The number of aryl methyl sites for hydroxylation is 1. The van der Waals surface area contributed by atoms with Crippen molar-refractivity contribution in [2.45, 2.75) is 32.4 Å². The first-order valence-electron chi connectivity index (χ1n) is 6.97. The Morgan fingerprint density at radius 2 is 2.11 bits per heavy atom. The Kier molecular flexibility index (Phi) is 7.39. The van der Waals surface area contributed by atoms with Crippen LogP contribution in [0.1, 0.15) is 24.5 Å². The van der Waals surface area contributed by atoms with Gasteiger partial charge in [0.05, 0.1) is 6.10 Å². The summed E-state index contributed by atoms with van der Waals surface area (Å²) < 4.78 is 0. The Balaban J connectivity index is 0.00000180. The summed E-state index contributed by atoms with van der Waals surface area (Å²) in [5.41, 5.74) is 2.75. The number of rotatable bonds is 6. The zero-order valence-electron chi connectivity index (χ0n) is 11.6. The molecule has 1 aromatic carbocycles. The normalized spacial score (nSPS) is 22.2. The van der Waals surface area contributed by atoms with Crippen molar-refractivity contribution in [1.29, 1.82) is 0 Å². The van der Waals surface area contributed by atoms with Crippen LogP contribution in [-0.2, 0) is 13.0 Å². The maximum atomic E-state index is 9.70. The quantitative estimate of drug-likeness (QED) is 0.745. The summed E-state index contributed by atoms with van der Waals surface area (Å²) in [7, 11) is 0. The zero-order valence-corrected chi connectivity index (χ0v) is 12.4. The molecule has 1 aliphatic rings. The minimum Gasteiger partial charge on any atom is -0.391 e. The first kappa shape index (κ1) is 16.4. The van der Waals surface area contributed by atoms with Crippen LogP contribution >= 0.6 is 12.4 Å². The first-order valence-corrected chi connectivity index (χ1v) is 6.97. The van der Waals surface area contributed by atoms with Crippen LogP contribution in [0.4, 0.5) is 0 Å². The van der Waals surface area contributed by atoms with E-state index in [2.05, 4.69) is 41.8 Å². The highest BCUT2D eigenvalue weighted by Gasteiger charge is 2.23. The van der Waals surface area contributed by atoms with Gasteiger partial charge in [-0.05, 0) is 17.5 Å². The van der Waals surface area contributed by atoms with E-state index in [-0.39, 0.29) is 18.5 Å². The molecule has 4 heteroatoms. The summed E-state index contributed by atoms with van der Waals surface area (Å²) in [6, 6.07) is 8.76. The number of hydrogen-bond donors (Lipinski definition) is 3. The second-order valence-electron chi connectivity index (χ2n) is 5.19. The van der Waals surface area contributed by atoms with Gasteiger partial charge < -0.3 is 15.7 Å². The molecule has 1 aliphatic heterocycles. The highest BCUT2D eigenvalue weighted by molar-refractivity contribution is 5.85. The molecule has 3 N–H and O–H groups in total. The highest BCUT2D eigenvalue weighted by atomic mass is 35.5. The minimum absolute atomic E-state index is 0. The van der Waals surface area contributed by atoms with Crippen LogP contribution in [0.2, 0.25) is 0 Å². The van der Waals surface area contributed by atoms with Gasteiger partial charge in [0.2, 0.25) is 0 Å². The maximum Gasteiger partial charge on any atom is 0.0716 e. The Morgan fingerprint density at radius 1 is 1.32 bits per heavy atom. The first-order chi connectivity index (χ1) is 8.79. The number of β-amino-alcohol motifs (C(OH)–C–C–N with tert-alkyl or cyclic N) is 1. The Morgan fingerprint density at radius 3 is 2.79 bits per heavy atom. The van der Waals surface area contributed by atoms with E-state index < -0.39 is 0 Å². The Bertz CT molecular complexity index is 373. The minimum atomic E-state index is -0.191. The van der Waals surface area contributed by atoms with E-state index in [4.69, 9.17) is 0 Å². The molecule has 1 fully saturated rings. The second kappa shape index (κ2) is 8.54. The zero-order chi connectivity index (χ0) is 12.8. The Labute approximate surface area is 122 Å². The van der Waals surface area contributed by atoms with Gasteiger partial charge in [-0.25, -0.2) is 0 Å².